The van der Waals surface area contributed by atoms with Crippen molar-refractivity contribution in [1.29, 1.82) is 0 Å². The first-order valence-corrected chi connectivity index (χ1v) is 7.89. The van der Waals surface area contributed by atoms with Crippen molar-refractivity contribution in [2.24, 2.45) is 0 Å². The van der Waals surface area contributed by atoms with Gasteiger partial charge < -0.3 is 10.6 Å². The van der Waals surface area contributed by atoms with Gasteiger partial charge in [-0.1, -0.05) is 41.9 Å². The van der Waals surface area contributed by atoms with Gasteiger partial charge in [0.1, 0.15) is 0 Å². The maximum Gasteiger partial charge on any atom is 0.251 e. The van der Waals surface area contributed by atoms with E-state index < -0.39 is 0 Å². The Morgan fingerprint density at radius 2 is 1.87 bits per heavy atom. The van der Waals surface area contributed by atoms with Crippen LogP contribution in [-0.4, -0.2) is 24.4 Å². The molecule has 1 fully saturated rings. The van der Waals surface area contributed by atoms with Gasteiger partial charge in [0.25, 0.3) is 5.91 Å². The van der Waals surface area contributed by atoms with Crippen LogP contribution in [0.2, 0.25) is 5.02 Å². The molecule has 1 aliphatic rings. The van der Waals surface area contributed by atoms with E-state index in [1.165, 1.54) is 0 Å². The van der Waals surface area contributed by atoms with Crippen LogP contribution in [-0.2, 0) is 4.79 Å². The quantitative estimate of drug-likeness (QED) is 0.886. The van der Waals surface area contributed by atoms with Crippen LogP contribution in [0.4, 0.5) is 0 Å². The van der Waals surface area contributed by atoms with Gasteiger partial charge in [-0.25, -0.2) is 0 Å². The van der Waals surface area contributed by atoms with Crippen LogP contribution in [0.25, 0.3) is 0 Å². The molecule has 4 nitrogen and oxygen atoms in total. The number of hydrogen-bond acceptors (Lipinski definition) is 2. The Kier molecular flexibility index (Phi) is 4.63. The summed E-state index contributed by atoms with van der Waals surface area (Å²) in [4.78, 5) is 23.8. The van der Waals surface area contributed by atoms with E-state index in [9.17, 15) is 9.59 Å². The Morgan fingerprint density at radius 3 is 2.61 bits per heavy atom. The molecule has 2 amide bonds. The molecule has 0 unspecified atom stereocenters. The predicted molar refractivity (Wildman–Crippen MR) is 89.5 cm³/mol. The van der Waals surface area contributed by atoms with Crippen LogP contribution in [0.5, 0.6) is 0 Å². The summed E-state index contributed by atoms with van der Waals surface area (Å²) in [7, 11) is 0. The molecule has 2 N–H and O–H groups in total. The molecule has 2 aromatic carbocycles. The maximum absolute atomic E-state index is 11.9. The molecule has 2 atom stereocenters. The standard InChI is InChI=1S/C18H17ClN2O2/c19-14-8-4-7-13(9-14)15-10-16(15)21-17(22)11-20-18(23)12-5-2-1-3-6-12/h1-9,15-16H,10-11H2,(H,20,23)(H,21,22)/t15-,16-/m1/s1. The van der Waals surface area contributed by atoms with Gasteiger partial charge in [-0.2, -0.15) is 0 Å². The van der Waals surface area contributed by atoms with E-state index in [0.29, 0.717) is 16.5 Å². The highest BCUT2D eigenvalue weighted by Crippen LogP contribution is 2.41. The van der Waals surface area contributed by atoms with Crippen molar-refractivity contribution in [3.63, 3.8) is 0 Å². The molecule has 0 saturated heterocycles. The SMILES string of the molecule is O=C(CNC(=O)c1ccccc1)N[C@@H]1C[C@@H]1c1cccc(Cl)c1. The Bertz CT molecular complexity index is 718. The molecule has 0 heterocycles. The lowest BCUT2D eigenvalue weighted by molar-refractivity contribution is -0.120. The number of carbonyl (C=O) groups is 2. The minimum Gasteiger partial charge on any atom is -0.351 e. The van der Waals surface area contributed by atoms with Crippen LogP contribution >= 0.6 is 11.6 Å². The van der Waals surface area contributed by atoms with Gasteiger partial charge in [0.15, 0.2) is 0 Å². The lowest BCUT2D eigenvalue weighted by atomic mass is 10.1. The molecule has 3 rings (SSSR count). The van der Waals surface area contributed by atoms with E-state index in [1.807, 2.05) is 30.3 Å². The Hall–Kier alpha value is -2.33. The van der Waals surface area contributed by atoms with Crippen molar-refractivity contribution in [3.05, 3.63) is 70.7 Å². The summed E-state index contributed by atoms with van der Waals surface area (Å²) in [5.41, 5.74) is 1.68. The Morgan fingerprint density at radius 1 is 1.09 bits per heavy atom. The van der Waals surface area contributed by atoms with Gasteiger partial charge in [0.05, 0.1) is 6.54 Å². The van der Waals surface area contributed by atoms with E-state index in [2.05, 4.69) is 10.6 Å². The second kappa shape index (κ2) is 6.84. The highest BCUT2D eigenvalue weighted by Gasteiger charge is 2.39. The van der Waals surface area contributed by atoms with Gasteiger partial charge in [-0.05, 0) is 36.2 Å². The Balaban J connectivity index is 1.45. The van der Waals surface area contributed by atoms with Gasteiger partial charge in [-0.15, -0.1) is 0 Å². The fourth-order valence-electron chi connectivity index (χ4n) is 2.57. The summed E-state index contributed by atoms with van der Waals surface area (Å²) < 4.78 is 0. The normalized spacial score (nSPS) is 19.0. The third kappa shape index (κ3) is 4.11. The minimum absolute atomic E-state index is 0.0213. The lowest BCUT2D eigenvalue weighted by Gasteiger charge is -2.07. The van der Waals surface area contributed by atoms with Crippen molar-refractivity contribution in [2.75, 3.05) is 6.54 Å². The highest BCUT2D eigenvalue weighted by molar-refractivity contribution is 6.30. The molecule has 0 aromatic heterocycles. The van der Waals surface area contributed by atoms with E-state index in [0.717, 1.165) is 12.0 Å². The highest BCUT2D eigenvalue weighted by atomic mass is 35.5. The van der Waals surface area contributed by atoms with Crippen LogP contribution in [0.3, 0.4) is 0 Å². The molecule has 0 spiro atoms. The molecule has 2 aromatic rings. The summed E-state index contributed by atoms with van der Waals surface area (Å²) >= 11 is 5.98. The zero-order valence-electron chi connectivity index (χ0n) is 12.5. The maximum atomic E-state index is 11.9. The molecule has 5 heteroatoms. The number of benzene rings is 2. The van der Waals surface area contributed by atoms with E-state index in [-0.39, 0.29) is 24.4 Å². The largest absolute Gasteiger partial charge is 0.351 e. The van der Waals surface area contributed by atoms with Crippen molar-refractivity contribution < 1.29 is 9.59 Å². The average molecular weight is 329 g/mol. The molecule has 0 bridgehead atoms. The molecule has 23 heavy (non-hydrogen) atoms. The summed E-state index contributed by atoms with van der Waals surface area (Å²) in [6.07, 6.45) is 0.902. The third-order valence-electron chi connectivity index (χ3n) is 3.86. The van der Waals surface area contributed by atoms with Gasteiger partial charge in [-0.3, -0.25) is 9.59 Å². The summed E-state index contributed by atoms with van der Waals surface area (Å²) in [6.45, 7) is -0.0213. The molecule has 0 aliphatic heterocycles. The van der Waals surface area contributed by atoms with Crippen LogP contribution in [0.1, 0.15) is 28.3 Å². The van der Waals surface area contributed by atoms with Crippen LogP contribution in [0, 0.1) is 0 Å². The fraction of sp³-hybridized carbons (Fsp3) is 0.222. The summed E-state index contributed by atoms with van der Waals surface area (Å²) in [5.74, 6) is -0.116. The van der Waals surface area contributed by atoms with Crippen molar-refractivity contribution >= 4 is 23.4 Å². The Labute approximate surface area is 139 Å². The van der Waals surface area contributed by atoms with Gasteiger partial charge in [0, 0.05) is 22.5 Å². The lowest BCUT2D eigenvalue weighted by Crippen LogP contribution is -2.38. The molecule has 1 aliphatic carbocycles. The van der Waals surface area contributed by atoms with E-state index in [4.69, 9.17) is 11.6 Å². The summed E-state index contributed by atoms with van der Waals surface area (Å²) in [5, 5.41) is 6.26. The molecule has 0 radical (unpaired) electrons. The van der Waals surface area contributed by atoms with Gasteiger partial charge in [0.2, 0.25) is 5.91 Å². The van der Waals surface area contributed by atoms with Gasteiger partial charge >= 0.3 is 0 Å². The first-order chi connectivity index (χ1) is 11.1. The third-order valence-corrected chi connectivity index (χ3v) is 4.09. The average Bonchev–Trinajstić information content (AvgIpc) is 3.32. The van der Waals surface area contributed by atoms with Crippen LogP contribution < -0.4 is 10.6 Å². The second-order valence-corrected chi connectivity index (χ2v) is 6.06. The minimum atomic E-state index is -0.247. The van der Waals surface area contributed by atoms with Crippen molar-refractivity contribution in [3.8, 4) is 0 Å². The number of halogens is 1. The molecular weight excluding hydrogens is 312 g/mol. The first-order valence-electron chi connectivity index (χ1n) is 7.51. The number of amides is 2. The zero-order chi connectivity index (χ0) is 16.2. The van der Waals surface area contributed by atoms with Crippen LogP contribution in [0.15, 0.2) is 54.6 Å². The topological polar surface area (TPSA) is 58.2 Å². The van der Waals surface area contributed by atoms with Crippen molar-refractivity contribution in [1.82, 2.24) is 10.6 Å². The molecular formula is C18H17ClN2O2. The monoisotopic (exact) mass is 328 g/mol. The predicted octanol–water partition coefficient (Wildman–Crippen LogP) is 2.74. The molecule has 1 saturated carbocycles. The summed E-state index contributed by atoms with van der Waals surface area (Å²) in [6, 6.07) is 16.6. The second-order valence-electron chi connectivity index (χ2n) is 5.62. The van der Waals surface area contributed by atoms with Crippen molar-refractivity contribution in [2.45, 2.75) is 18.4 Å². The first kappa shape index (κ1) is 15.6. The fourth-order valence-corrected chi connectivity index (χ4v) is 2.77. The van der Waals surface area contributed by atoms with E-state index in [1.54, 1.807) is 24.3 Å². The molecule has 118 valence electrons. The number of nitrogens with one attached hydrogen (secondary N) is 2. The van der Waals surface area contributed by atoms with E-state index >= 15 is 0 Å². The number of rotatable bonds is 5. The zero-order valence-corrected chi connectivity index (χ0v) is 13.2. The number of hydrogen-bond donors (Lipinski definition) is 2. The smallest absolute Gasteiger partial charge is 0.251 e. The number of carbonyl (C=O) groups excluding carboxylic acids is 2.